The average Bonchev–Trinajstić information content (AvgIpc) is 2.23. The van der Waals surface area contributed by atoms with Crippen LogP contribution in [0.4, 0.5) is 0 Å². The van der Waals surface area contributed by atoms with Crippen molar-refractivity contribution in [2.75, 3.05) is 13.1 Å². The predicted molar refractivity (Wildman–Crippen MR) is 62.5 cm³/mol. The summed E-state index contributed by atoms with van der Waals surface area (Å²) in [6, 6.07) is 0. The summed E-state index contributed by atoms with van der Waals surface area (Å²) < 4.78 is 0. The minimum atomic E-state index is 0.716. The Kier molecular flexibility index (Phi) is 19.8. The quantitative estimate of drug-likeness (QED) is 0.344. The van der Waals surface area contributed by atoms with Gasteiger partial charge in [0, 0.05) is 13.1 Å². The maximum atomic E-state index is 9.82. The third-order valence-corrected chi connectivity index (χ3v) is 1.56. The summed E-state index contributed by atoms with van der Waals surface area (Å²) in [5.41, 5.74) is 0. The molecule has 0 aliphatic heterocycles. The number of carbonyl (C=O) groups is 2. The van der Waals surface area contributed by atoms with E-state index >= 15 is 0 Å². The zero-order valence-electron chi connectivity index (χ0n) is 9.50. The lowest BCUT2D eigenvalue weighted by Crippen LogP contribution is -2.13. The van der Waals surface area contributed by atoms with Gasteiger partial charge in [0.15, 0.2) is 0 Å². The molecule has 0 heterocycles. The average molecular weight is 214 g/mol. The Morgan fingerprint density at radius 3 is 1.53 bits per heavy atom. The number of nitrogens with one attached hydrogen (secondary N) is 2. The summed E-state index contributed by atoms with van der Waals surface area (Å²) in [4.78, 5) is 19.6. The number of hydrogen-bond donors (Lipinski definition) is 2. The number of rotatable bonds is 9. The number of hydrogen-bond acceptors (Lipinski definition) is 2. The van der Waals surface area contributed by atoms with Gasteiger partial charge in [0.1, 0.15) is 0 Å². The fourth-order valence-electron chi connectivity index (χ4n) is 0.926. The molecule has 0 saturated heterocycles. The van der Waals surface area contributed by atoms with Crippen LogP contribution in [-0.4, -0.2) is 25.9 Å². The summed E-state index contributed by atoms with van der Waals surface area (Å²) in [5.74, 6) is 0. The van der Waals surface area contributed by atoms with Crippen molar-refractivity contribution >= 4 is 12.8 Å². The summed E-state index contributed by atoms with van der Waals surface area (Å²) in [5, 5.41) is 5.20. The van der Waals surface area contributed by atoms with Crippen molar-refractivity contribution in [3.63, 3.8) is 0 Å². The Morgan fingerprint density at radius 1 is 0.933 bits per heavy atom. The molecule has 4 nitrogen and oxygen atoms in total. The van der Waals surface area contributed by atoms with E-state index in [-0.39, 0.29) is 0 Å². The smallest absolute Gasteiger partial charge is 0.207 e. The molecule has 0 aliphatic rings. The zero-order chi connectivity index (χ0) is 11.8. The molecule has 4 heteroatoms. The number of carbonyl (C=O) groups excluding carboxylic acids is 2. The van der Waals surface area contributed by atoms with E-state index in [1.807, 2.05) is 6.92 Å². The third kappa shape index (κ3) is 24.5. The highest BCUT2D eigenvalue weighted by molar-refractivity contribution is 5.45. The van der Waals surface area contributed by atoms with Gasteiger partial charge < -0.3 is 10.6 Å². The second-order valence-electron chi connectivity index (χ2n) is 2.97. The molecule has 0 spiro atoms. The molecule has 0 radical (unpaired) electrons. The van der Waals surface area contributed by atoms with Crippen molar-refractivity contribution in [2.24, 2.45) is 0 Å². The van der Waals surface area contributed by atoms with E-state index in [1.165, 1.54) is 0 Å². The lowest BCUT2D eigenvalue weighted by molar-refractivity contribution is -0.110. The molecule has 0 aromatic heterocycles. The van der Waals surface area contributed by atoms with Crippen molar-refractivity contribution in [1.82, 2.24) is 10.6 Å². The monoisotopic (exact) mass is 214 g/mol. The molecule has 0 unspecified atom stereocenters. The Bertz CT molecular complexity index is 136. The molecule has 0 atom stereocenters. The van der Waals surface area contributed by atoms with Crippen LogP contribution in [0.2, 0.25) is 0 Å². The molecule has 0 saturated carbocycles. The van der Waals surface area contributed by atoms with Crippen LogP contribution < -0.4 is 10.6 Å². The van der Waals surface area contributed by atoms with Gasteiger partial charge in [-0.15, -0.1) is 6.58 Å². The summed E-state index contributed by atoms with van der Waals surface area (Å²) >= 11 is 0. The van der Waals surface area contributed by atoms with Crippen molar-refractivity contribution in [3.8, 4) is 0 Å². The van der Waals surface area contributed by atoms with Crippen LogP contribution >= 0.6 is 0 Å². The normalized spacial score (nSPS) is 8.07. The Hall–Kier alpha value is -1.32. The minimum absolute atomic E-state index is 0.716. The molecule has 0 aromatic carbocycles. The zero-order valence-corrected chi connectivity index (χ0v) is 9.50. The van der Waals surface area contributed by atoms with E-state index in [9.17, 15) is 9.59 Å². The molecular weight excluding hydrogens is 192 g/mol. The fraction of sp³-hybridized carbons (Fsp3) is 0.636. The van der Waals surface area contributed by atoms with Crippen molar-refractivity contribution in [3.05, 3.63) is 12.7 Å². The van der Waals surface area contributed by atoms with Gasteiger partial charge in [-0.25, -0.2) is 0 Å². The Morgan fingerprint density at radius 2 is 1.27 bits per heavy atom. The van der Waals surface area contributed by atoms with Gasteiger partial charge >= 0.3 is 0 Å². The van der Waals surface area contributed by atoms with Crippen LogP contribution in [-0.2, 0) is 9.59 Å². The molecule has 2 amide bonds. The van der Waals surface area contributed by atoms with Crippen LogP contribution in [0.5, 0.6) is 0 Å². The molecule has 15 heavy (non-hydrogen) atoms. The number of allylic oxidation sites excluding steroid dienone is 1. The van der Waals surface area contributed by atoms with E-state index in [4.69, 9.17) is 0 Å². The first-order valence-corrected chi connectivity index (χ1v) is 5.24. The molecule has 0 fully saturated rings. The van der Waals surface area contributed by atoms with Crippen molar-refractivity contribution in [2.45, 2.75) is 32.6 Å². The van der Waals surface area contributed by atoms with Crippen LogP contribution in [0.1, 0.15) is 32.6 Å². The van der Waals surface area contributed by atoms with Gasteiger partial charge in [0.05, 0.1) is 0 Å². The lowest BCUT2D eigenvalue weighted by atomic mass is 10.2. The highest BCUT2D eigenvalue weighted by atomic mass is 16.1. The Balaban J connectivity index is 0. The number of unbranched alkanes of at least 4 members (excludes halogenated alkanes) is 3. The summed E-state index contributed by atoms with van der Waals surface area (Å²) in [6.07, 6.45) is 7.41. The second-order valence-corrected chi connectivity index (χ2v) is 2.97. The van der Waals surface area contributed by atoms with Crippen LogP contribution in [0.3, 0.4) is 0 Å². The van der Waals surface area contributed by atoms with Gasteiger partial charge in [0.25, 0.3) is 0 Å². The molecule has 0 rings (SSSR count). The topological polar surface area (TPSA) is 58.2 Å². The van der Waals surface area contributed by atoms with Gasteiger partial charge in [-0.2, -0.15) is 0 Å². The highest BCUT2D eigenvalue weighted by Gasteiger charge is 1.88. The molecular formula is C11H22N2O2. The van der Waals surface area contributed by atoms with E-state index in [1.54, 1.807) is 6.08 Å². The van der Waals surface area contributed by atoms with Crippen molar-refractivity contribution < 1.29 is 9.59 Å². The fourth-order valence-corrected chi connectivity index (χ4v) is 0.926. The first-order chi connectivity index (χ1) is 7.33. The SMILES string of the molecule is C=CC.O=CNCCCCCCNC=O. The first kappa shape index (κ1) is 16.1. The summed E-state index contributed by atoms with van der Waals surface area (Å²) in [6.45, 7) is 6.76. The molecule has 0 bridgehead atoms. The molecule has 0 aliphatic carbocycles. The maximum Gasteiger partial charge on any atom is 0.207 e. The first-order valence-electron chi connectivity index (χ1n) is 5.24. The highest BCUT2D eigenvalue weighted by Crippen LogP contribution is 1.96. The van der Waals surface area contributed by atoms with E-state index in [0.29, 0.717) is 12.8 Å². The molecule has 88 valence electrons. The second kappa shape index (κ2) is 18.5. The van der Waals surface area contributed by atoms with Crippen LogP contribution in [0, 0.1) is 0 Å². The number of amides is 2. The van der Waals surface area contributed by atoms with Gasteiger partial charge in [-0.3, -0.25) is 9.59 Å². The van der Waals surface area contributed by atoms with Gasteiger partial charge in [-0.05, 0) is 19.8 Å². The Labute approximate surface area is 92.1 Å². The van der Waals surface area contributed by atoms with E-state index < -0.39 is 0 Å². The predicted octanol–water partition coefficient (Wildman–Crippen LogP) is 1.23. The maximum absolute atomic E-state index is 9.82. The van der Waals surface area contributed by atoms with Gasteiger partial charge in [0.2, 0.25) is 12.8 Å². The van der Waals surface area contributed by atoms with Crippen LogP contribution in [0.25, 0.3) is 0 Å². The standard InChI is InChI=1S/C8H16N2O2.C3H6/c11-7-9-5-3-1-2-4-6-10-8-12;1-3-2/h7-8H,1-6H2,(H,9,11)(H,10,12);3H,1H2,2H3. The van der Waals surface area contributed by atoms with Crippen molar-refractivity contribution in [1.29, 1.82) is 0 Å². The third-order valence-electron chi connectivity index (χ3n) is 1.56. The lowest BCUT2D eigenvalue weighted by Gasteiger charge is -1.99. The van der Waals surface area contributed by atoms with E-state index in [0.717, 1.165) is 38.8 Å². The minimum Gasteiger partial charge on any atom is -0.359 e. The molecule has 0 aromatic rings. The van der Waals surface area contributed by atoms with Gasteiger partial charge in [-0.1, -0.05) is 18.9 Å². The van der Waals surface area contributed by atoms with E-state index in [2.05, 4.69) is 17.2 Å². The van der Waals surface area contributed by atoms with Crippen LogP contribution in [0.15, 0.2) is 12.7 Å². The summed E-state index contributed by atoms with van der Waals surface area (Å²) in [7, 11) is 0. The largest absolute Gasteiger partial charge is 0.359 e. The molecule has 2 N–H and O–H groups in total.